The molecular weight excluding hydrogens is 378 g/mol. The molecule has 8 heteroatoms. The van der Waals surface area contributed by atoms with Crippen LogP contribution in [0.25, 0.3) is 17.7 Å². The van der Waals surface area contributed by atoms with Crippen molar-refractivity contribution in [2.24, 2.45) is 5.73 Å². The fraction of sp³-hybridized carbons (Fsp3) is 0.190. The molecule has 1 aromatic carbocycles. The summed E-state index contributed by atoms with van der Waals surface area (Å²) in [6.07, 6.45) is 5.21. The van der Waals surface area contributed by atoms with Crippen molar-refractivity contribution in [3.63, 3.8) is 0 Å². The highest BCUT2D eigenvalue weighted by molar-refractivity contribution is 6.01. The van der Waals surface area contributed by atoms with Crippen molar-refractivity contribution in [2.45, 2.75) is 19.7 Å². The Bertz CT molecular complexity index is 999. The van der Waals surface area contributed by atoms with E-state index >= 15 is 0 Å². The number of aryl methyl sites for hydroxylation is 1. The van der Waals surface area contributed by atoms with Gasteiger partial charge in [0.1, 0.15) is 12.0 Å². The first-order chi connectivity index (χ1) is 13.8. The molecule has 148 valence electrons. The molecule has 0 unspecified atom stereocenters. The van der Waals surface area contributed by atoms with Gasteiger partial charge in [0.05, 0.1) is 5.69 Å². The summed E-state index contributed by atoms with van der Waals surface area (Å²) < 4.78 is 42.2. The number of nitrogens with two attached hydrogens (primary N) is 1. The summed E-state index contributed by atoms with van der Waals surface area (Å²) in [5.74, 6) is -0.251. The SMILES string of the molecule is [B][N+]1=CC=CC1=C(CCN)c1[nH]c(/C=C/c2ccc(OC(F)(F)F)cc2)cc1C. The maximum atomic E-state index is 12.2. The van der Waals surface area contributed by atoms with Crippen LogP contribution < -0.4 is 10.5 Å². The maximum Gasteiger partial charge on any atom is 0.586 e. The molecule has 1 aliphatic rings. The van der Waals surface area contributed by atoms with Crippen LogP contribution in [0.5, 0.6) is 5.75 Å². The van der Waals surface area contributed by atoms with Crippen molar-refractivity contribution >= 4 is 31.9 Å². The largest absolute Gasteiger partial charge is 0.586 e. The van der Waals surface area contributed by atoms with Crippen LogP contribution in [0.4, 0.5) is 13.2 Å². The monoisotopic (exact) mass is 398 g/mol. The molecule has 0 bridgehead atoms. The number of rotatable bonds is 6. The van der Waals surface area contributed by atoms with Crippen LogP contribution in [0, 0.1) is 6.92 Å². The zero-order valence-corrected chi connectivity index (χ0v) is 15.8. The van der Waals surface area contributed by atoms with Crippen molar-refractivity contribution in [3.8, 4) is 5.75 Å². The van der Waals surface area contributed by atoms with Crippen LogP contribution in [-0.2, 0) is 0 Å². The number of hydrogen-bond donors (Lipinski definition) is 2. The zero-order chi connectivity index (χ0) is 21.0. The van der Waals surface area contributed by atoms with E-state index in [1.165, 1.54) is 12.1 Å². The van der Waals surface area contributed by atoms with E-state index in [9.17, 15) is 13.2 Å². The average molecular weight is 398 g/mol. The molecule has 0 saturated heterocycles. The number of ether oxygens (including phenoxy) is 1. The Morgan fingerprint density at radius 2 is 1.97 bits per heavy atom. The lowest BCUT2D eigenvalue weighted by molar-refractivity contribution is -0.294. The Morgan fingerprint density at radius 3 is 2.55 bits per heavy atom. The van der Waals surface area contributed by atoms with Gasteiger partial charge in [0.25, 0.3) is 0 Å². The minimum Gasteiger partial charge on any atom is -0.406 e. The Balaban J connectivity index is 1.81. The molecule has 3 rings (SSSR count). The van der Waals surface area contributed by atoms with Gasteiger partial charge in [-0.1, -0.05) is 18.2 Å². The summed E-state index contributed by atoms with van der Waals surface area (Å²) in [7, 11) is 6.00. The second kappa shape index (κ2) is 8.57. The number of nitrogens with one attached hydrogen (secondary N) is 1. The highest BCUT2D eigenvalue weighted by Crippen LogP contribution is 2.28. The van der Waals surface area contributed by atoms with Crippen LogP contribution in [0.15, 0.2) is 48.2 Å². The summed E-state index contributed by atoms with van der Waals surface area (Å²) in [6.45, 7) is 2.48. The minimum absolute atomic E-state index is 0.251. The molecule has 2 radical (unpaired) electrons. The smallest absolute Gasteiger partial charge is 0.406 e. The summed E-state index contributed by atoms with van der Waals surface area (Å²) in [6, 6.07) is 7.67. The molecule has 2 heterocycles. The maximum absolute atomic E-state index is 12.2. The van der Waals surface area contributed by atoms with Crippen molar-refractivity contribution in [1.82, 2.24) is 4.98 Å². The van der Waals surface area contributed by atoms with E-state index in [2.05, 4.69) is 9.72 Å². The van der Waals surface area contributed by atoms with Gasteiger partial charge in [-0.25, -0.2) is 0 Å². The fourth-order valence-electron chi connectivity index (χ4n) is 3.13. The number of benzene rings is 1. The third-order valence-corrected chi connectivity index (χ3v) is 4.39. The van der Waals surface area contributed by atoms with E-state index in [4.69, 9.17) is 13.7 Å². The Morgan fingerprint density at radius 1 is 1.24 bits per heavy atom. The van der Waals surface area contributed by atoms with Crippen LogP contribution >= 0.6 is 0 Å². The van der Waals surface area contributed by atoms with Crippen LogP contribution in [0.3, 0.4) is 0 Å². The van der Waals surface area contributed by atoms with Crippen LogP contribution in [0.1, 0.15) is 28.9 Å². The number of halogens is 3. The molecule has 0 amide bonds. The number of alkyl halides is 3. The quantitative estimate of drug-likeness (QED) is 0.718. The molecule has 0 aliphatic carbocycles. The lowest BCUT2D eigenvalue weighted by Crippen LogP contribution is -2.16. The van der Waals surface area contributed by atoms with Gasteiger partial charge in [-0.15, -0.1) is 13.2 Å². The third kappa shape index (κ3) is 5.29. The Hall–Kier alpha value is -3.00. The van der Waals surface area contributed by atoms with Gasteiger partial charge in [-0.05, 0) is 55.3 Å². The number of aromatic amines is 1. The standard InChI is InChI=1S/C21H20BF3N3O/c1-14-13-16(7-4-15-5-8-17(9-6-15)29-21(23,24)25)27-20(14)18(10-11-26)19-3-2-12-28(19)22/h2-9,12-13,27H,10-11,26H2,1H3/q+1/b7-4+. The summed E-state index contributed by atoms with van der Waals surface area (Å²) >= 11 is 0. The highest BCUT2D eigenvalue weighted by atomic mass is 19.4. The van der Waals surface area contributed by atoms with Crippen molar-refractivity contribution in [3.05, 3.63) is 70.7 Å². The van der Waals surface area contributed by atoms with E-state index in [1.807, 2.05) is 31.2 Å². The first-order valence-electron chi connectivity index (χ1n) is 8.99. The van der Waals surface area contributed by atoms with Gasteiger partial charge >= 0.3 is 14.3 Å². The fourth-order valence-corrected chi connectivity index (χ4v) is 3.13. The normalized spacial score (nSPS) is 15.8. The van der Waals surface area contributed by atoms with Gasteiger partial charge in [0, 0.05) is 23.4 Å². The first-order valence-corrected chi connectivity index (χ1v) is 8.99. The number of H-pyrrole nitrogens is 1. The summed E-state index contributed by atoms with van der Waals surface area (Å²) in [5, 5.41) is 0. The van der Waals surface area contributed by atoms with Gasteiger partial charge in [0.2, 0.25) is 0 Å². The molecule has 0 atom stereocenters. The molecule has 4 nitrogen and oxygen atoms in total. The van der Waals surface area contributed by atoms with Gasteiger partial charge in [-0.2, -0.15) is 0 Å². The van der Waals surface area contributed by atoms with Crippen molar-refractivity contribution in [1.29, 1.82) is 0 Å². The summed E-state index contributed by atoms with van der Waals surface area (Å²) in [4.78, 5) is 3.37. The second-order valence-electron chi connectivity index (χ2n) is 6.55. The second-order valence-corrected chi connectivity index (χ2v) is 6.55. The number of hydrogen-bond acceptors (Lipinski definition) is 2. The molecule has 1 aromatic heterocycles. The van der Waals surface area contributed by atoms with E-state index in [0.29, 0.717) is 13.0 Å². The third-order valence-electron chi connectivity index (χ3n) is 4.39. The molecule has 0 saturated carbocycles. The Labute approximate surface area is 168 Å². The zero-order valence-electron chi connectivity index (χ0n) is 15.8. The van der Waals surface area contributed by atoms with Crippen molar-refractivity contribution < 1.29 is 22.4 Å². The predicted octanol–water partition coefficient (Wildman–Crippen LogP) is 4.19. The highest BCUT2D eigenvalue weighted by Gasteiger charge is 2.30. The first kappa shape index (κ1) is 20.7. The minimum atomic E-state index is -4.70. The Kier molecular flexibility index (Phi) is 6.13. The molecule has 2 aromatic rings. The van der Waals surface area contributed by atoms with Crippen LogP contribution in [0.2, 0.25) is 0 Å². The molecule has 29 heavy (non-hydrogen) atoms. The van der Waals surface area contributed by atoms with E-state index in [1.54, 1.807) is 28.9 Å². The number of nitrogens with zero attached hydrogens (tertiary/aromatic N) is 1. The molecule has 0 fully saturated rings. The summed E-state index contributed by atoms with van der Waals surface area (Å²) in [5.41, 5.74) is 11.3. The van der Waals surface area contributed by atoms with Crippen LogP contribution in [-0.4, -0.2) is 36.6 Å². The van der Waals surface area contributed by atoms with Gasteiger partial charge < -0.3 is 15.5 Å². The topological polar surface area (TPSA) is 54.0 Å². The van der Waals surface area contributed by atoms with Gasteiger partial charge in [0.15, 0.2) is 5.70 Å². The van der Waals surface area contributed by atoms with Crippen molar-refractivity contribution in [2.75, 3.05) is 6.54 Å². The lowest BCUT2D eigenvalue weighted by Gasteiger charge is -2.08. The lowest BCUT2D eigenvalue weighted by atomic mass is 10.0. The average Bonchev–Trinajstić information content (AvgIpc) is 3.23. The van der Waals surface area contributed by atoms with E-state index < -0.39 is 6.36 Å². The predicted molar refractivity (Wildman–Crippen MR) is 109 cm³/mol. The molecular formula is C21H20BF3N3O+. The molecule has 0 spiro atoms. The number of aromatic nitrogens is 1. The van der Waals surface area contributed by atoms with E-state index in [0.717, 1.165) is 33.8 Å². The molecule has 1 aliphatic heterocycles. The van der Waals surface area contributed by atoms with E-state index in [-0.39, 0.29) is 5.75 Å². The number of allylic oxidation sites excluding steroid dienone is 2. The van der Waals surface area contributed by atoms with Gasteiger partial charge in [-0.3, -0.25) is 4.49 Å². The molecule has 3 N–H and O–H groups in total.